The second-order valence-corrected chi connectivity index (χ2v) is 13.4. The number of ether oxygens (including phenoxy) is 8. The Morgan fingerprint density at radius 2 is 0.964 bits per heavy atom. The number of rotatable bonds is 17. The van der Waals surface area contributed by atoms with E-state index in [9.17, 15) is 14.7 Å². The van der Waals surface area contributed by atoms with E-state index in [1.807, 2.05) is 91.0 Å². The van der Waals surface area contributed by atoms with Crippen LogP contribution in [0, 0.1) is 0 Å². The van der Waals surface area contributed by atoms with Crippen LogP contribution in [-0.4, -0.2) is 79.5 Å². The molecule has 0 bridgehead atoms. The Hall–Kier alpha value is -5.24. The van der Waals surface area contributed by atoms with E-state index in [1.165, 1.54) is 0 Å². The molecule has 0 aliphatic carbocycles. The summed E-state index contributed by atoms with van der Waals surface area (Å²) in [5.41, 5.74) is 3.46. The Kier molecular flexibility index (Phi) is 13.6. The summed E-state index contributed by atoms with van der Waals surface area (Å²) in [5.74, 6) is -1.28. The van der Waals surface area contributed by atoms with Crippen molar-refractivity contribution in [3.63, 3.8) is 0 Å². The van der Waals surface area contributed by atoms with Crippen LogP contribution >= 0.6 is 0 Å². The second-order valence-electron chi connectivity index (χ2n) is 13.4. The minimum absolute atomic E-state index is 0.133. The van der Waals surface area contributed by atoms with E-state index < -0.39 is 61.1 Å². The predicted octanol–water partition coefficient (Wildman–Crippen LogP) is 6.28. The van der Waals surface area contributed by atoms with Crippen LogP contribution < -0.4 is 0 Å². The summed E-state index contributed by atoms with van der Waals surface area (Å²) in [6.07, 6.45) is -8.53. The van der Waals surface area contributed by atoms with E-state index in [4.69, 9.17) is 37.9 Å². The van der Waals surface area contributed by atoms with Crippen LogP contribution in [0.1, 0.15) is 37.4 Å². The molecule has 0 amide bonds. The molecule has 8 atom stereocenters. The van der Waals surface area contributed by atoms with Crippen LogP contribution in [0.5, 0.6) is 0 Å². The van der Waals surface area contributed by atoms with Gasteiger partial charge in [0.15, 0.2) is 24.8 Å². The zero-order valence-corrected chi connectivity index (χ0v) is 30.6. The quantitative estimate of drug-likeness (QED) is 0.108. The van der Waals surface area contributed by atoms with Gasteiger partial charge in [0.1, 0.15) is 31.0 Å². The van der Waals surface area contributed by atoms with Crippen molar-refractivity contribution in [2.75, 3.05) is 13.2 Å². The van der Waals surface area contributed by atoms with Gasteiger partial charge in [0.25, 0.3) is 0 Å². The van der Waals surface area contributed by atoms with Crippen LogP contribution in [0.4, 0.5) is 0 Å². The second kappa shape index (κ2) is 19.6. The monoisotopic (exact) mass is 760 g/mol. The van der Waals surface area contributed by atoms with Gasteiger partial charge in [0.05, 0.1) is 37.6 Å². The lowest BCUT2D eigenvalue weighted by atomic mass is 10.1. The van der Waals surface area contributed by atoms with Crippen molar-refractivity contribution in [1.82, 2.24) is 0 Å². The fourth-order valence-electron chi connectivity index (χ4n) is 6.58. The highest BCUT2D eigenvalue weighted by atomic mass is 16.8. The number of hydrogen-bond acceptors (Lipinski definition) is 11. The number of carbonyl (C=O) groups is 2. The fraction of sp³-hybridized carbons (Fsp3) is 0.289. The molecule has 0 saturated carbocycles. The maximum absolute atomic E-state index is 13.5. The molecule has 0 unspecified atom stereocenters. The molecule has 1 N–H and O–H groups in total. The Morgan fingerprint density at radius 3 is 1.52 bits per heavy atom. The third kappa shape index (κ3) is 10.3. The van der Waals surface area contributed by atoms with Crippen molar-refractivity contribution in [3.8, 4) is 0 Å². The topological polar surface area (TPSA) is 128 Å². The largest absolute Gasteiger partial charge is 0.459 e. The molecule has 56 heavy (non-hydrogen) atoms. The standard InChI is InChI=1S/C45H44O11/c46-42(34-22-12-4-13-23-34)52-30-37-39(55-43(47)35-24-14-5-15-25-35)40(44(48)53-37)56-45-41(51-28-33-20-10-3-11-21-33)38(50-27-32-18-8-2-9-19-32)36(54-45)29-49-26-31-16-6-1-7-17-31/h1-25,36-41,44-45,48H,26-30H2/t36-,37-,38-,39-,40+,41+,44+,45-/m1/s1. The van der Waals surface area contributed by atoms with Crippen LogP contribution in [0.2, 0.25) is 0 Å². The van der Waals surface area contributed by atoms with E-state index in [1.54, 1.807) is 60.7 Å². The minimum Gasteiger partial charge on any atom is -0.459 e. The van der Waals surface area contributed by atoms with E-state index in [2.05, 4.69) is 0 Å². The molecule has 5 aromatic carbocycles. The van der Waals surface area contributed by atoms with Crippen LogP contribution in [0.3, 0.4) is 0 Å². The first-order valence-corrected chi connectivity index (χ1v) is 18.6. The molecular formula is C45H44O11. The highest BCUT2D eigenvalue weighted by Crippen LogP contribution is 2.35. The molecule has 0 radical (unpaired) electrons. The van der Waals surface area contributed by atoms with Gasteiger partial charge in [-0.2, -0.15) is 0 Å². The molecule has 2 fully saturated rings. The fourth-order valence-corrected chi connectivity index (χ4v) is 6.58. The summed E-state index contributed by atoms with van der Waals surface area (Å²) in [6.45, 7) is 0.585. The summed E-state index contributed by atoms with van der Waals surface area (Å²) in [7, 11) is 0. The van der Waals surface area contributed by atoms with Gasteiger partial charge in [-0.25, -0.2) is 9.59 Å². The van der Waals surface area contributed by atoms with Gasteiger partial charge in [-0.3, -0.25) is 0 Å². The van der Waals surface area contributed by atoms with Crippen molar-refractivity contribution in [1.29, 1.82) is 0 Å². The lowest BCUT2D eigenvalue weighted by Gasteiger charge is -2.29. The molecule has 290 valence electrons. The Labute approximate surface area is 325 Å². The summed E-state index contributed by atoms with van der Waals surface area (Å²) < 4.78 is 49.8. The first kappa shape index (κ1) is 39.0. The molecule has 0 spiro atoms. The van der Waals surface area contributed by atoms with E-state index in [0.29, 0.717) is 12.2 Å². The molecule has 2 heterocycles. The smallest absolute Gasteiger partial charge is 0.338 e. The molecule has 5 aromatic rings. The maximum atomic E-state index is 13.5. The highest BCUT2D eigenvalue weighted by molar-refractivity contribution is 5.90. The number of esters is 2. The van der Waals surface area contributed by atoms with Crippen molar-refractivity contribution >= 4 is 11.9 Å². The molecular weight excluding hydrogens is 716 g/mol. The molecule has 2 aliphatic rings. The van der Waals surface area contributed by atoms with E-state index in [-0.39, 0.29) is 32.0 Å². The molecule has 2 aliphatic heterocycles. The maximum Gasteiger partial charge on any atom is 0.338 e. The molecule has 11 nitrogen and oxygen atoms in total. The van der Waals surface area contributed by atoms with Gasteiger partial charge in [0.2, 0.25) is 0 Å². The lowest BCUT2D eigenvalue weighted by molar-refractivity contribution is -0.243. The number of aliphatic hydroxyl groups excluding tert-OH is 1. The Balaban J connectivity index is 1.14. The van der Waals surface area contributed by atoms with Crippen LogP contribution in [0.25, 0.3) is 0 Å². The van der Waals surface area contributed by atoms with Crippen molar-refractivity contribution in [2.45, 2.75) is 69.0 Å². The lowest BCUT2D eigenvalue weighted by Crippen LogP contribution is -2.46. The van der Waals surface area contributed by atoms with Crippen molar-refractivity contribution < 1.29 is 52.6 Å². The van der Waals surface area contributed by atoms with Crippen molar-refractivity contribution in [2.24, 2.45) is 0 Å². The SMILES string of the molecule is O=C(OC[C@H]1O[C@H](O)[C@@H](O[C@H]2O[C@H](COCc3ccccc3)[C@@H](OCc3ccccc3)[C@@H]2OCc2ccccc2)[C@@H]1OC(=O)c1ccccc1)c1ccccc1. The summed E-state index contributed by atoms with van der Waals surface area (Å²) in [6, 6.07) is 46.0. The average molecular weight is 761 g/mol. The van der Waals surface area contributed by atoms with Gasteiger partial charge >= 0.3 is 11.9 Å². The first-order valence-electron chi connectivity index (χ1n) is 18.6. The van der Waals surface area contributed by atoms with Gasteiger partial charge < -0.3 is 43.0 Å². The minimum atomic E-state index is -1.60. The summed E-state index contributed by atoms with van der Waals surface area (Å²) in [5, 5.41) is 11.4. The van der Waals surface area contributed by atoms with Gasteiger partial charge in [-0.1, -0.05) is 127 Å². The number of aliphatic hydroxyl groups is 1. The molecule has 0 aromatic heterocycles. The summed E-state index contributed by atoms with van der Waals surface area (Å²) >= 11 is 0. The highest BCUT2D eigenvalue weighted by Gasteiger charge is 2.54. The van der Waals surface area contributed by atoms with Gasteiger partial charge in [0, 0.05) is 0 Å². The van der Waals surface area contributed by atoms with Crippen LogP contribution in [0.15, 0.2) is 152 Å². The molecule has 2 saturated heterocycles. The van der Waals surface area contributed by atoms with Crippen LogP contribution in [-0.2, 0) is 57.7 Å². The molecule has 11 heteroatoms. The number of benzene rings is 5. The average Bonchev–Trinajstić information content (AvgIpc) is 3.73. The number of hydrogen-bond donors (Lipinski definition) is 1. The van der Waals surface area contributed by atoms with Crippen molar-refractivity contribution in [3.05, 3.63) is 179 Å². The first-order chi connectivity index (χ1) is 27.5. The Bertz CT molecular complexity index is 1930. The van der Waals surface area contributed by atoms with E-state index >= 15 is 0 Å². The third-order valence-electron chi connectivity index (χ3n) is 9.45. The molecule has 7 rings (SSSR count). The van der Waals surface area contributed by atoms with Gasteiger partial charge in [-0.15, -0.1) is 0 Å². The third-order valence-corrected chi connectivity index (χ3v) is 9.45. The zero-order valence-electron chi connectivity index (χ0n) is 30.6. The zero-order chi connectivity index (χ0) is 38.5. The number of carbonyl (C=O) groups excluding carboxylic acids is 2. The Morgan fingerprint density at radius 1 is 0.500 bits per heavy atom. The normalized spacial score (nSPS) is 24.4. The van der Waals surface area contributed by atoms with E-state index in [0.717, 1.165) is 16.7 Å². The predicted molar refractivity (Wildman–Crippen MR) is 203 cm³/mol. The summed E-state index contributed by atoms with van der Waals surface area (Å²) in [4.78, 5) is 26.4. The van der Waals surface area contributed by atoms with Gasteiger partial charge in [-0.05, 0) is 41.0 Å².